The molecular weight excluding hydrogens is 316 g/mol. The van der Waals surface area contributed by atoms with E-state index in [1.54, 1.807) is 24.3 Å². The minimum atomic E-state index is -1.05. The molecule has 0 aromatic heterocycles. The van der Waals surface area contributed by atoms with Gasteiger partial charge in [0.2, 0.25) is 5.91 Å². The molecule has 0 aliphatic carbocycles. The van der Waals surface area contributed by atoms with Crippen LogP contribution in [0, 0.1) is 5.92 Å². The predicted molar refractivity (Wildman–Crippen MR) is 85.1 cm³/mol. The van der Waals surface area contributed by atoms with Gasteiger partial charge in [0.15, 0.2) is 0 Å². The van der Waals surface area contributed by atoms with Gasteiger partial charge in [-0.1, -0.05) is 12.1 Å². The van der Waals surface area contributed by atoms with E-state index < -0.39 is 18.0 Å². The molecule has 8 nitrogen and oxygen atoms in total. The van der Waals surface area contributed by atoms with Crippen LogP contribution in [-0.2, 0) is 14.3 Å². The van der Waals surface area contributed by atoms with E-state index in [1.807, 2.05) is 0 Å². The molecule has 1 aromatic rings. The number of hydrogen-bond donors (Lipinski definition) is 1. The Labute approximate surface area is 139 Å². The van der Waals surface area contributed by atoms with E-state index >= 15 is 0 Å². The summed E-state index contributed by atoms with van der Waals surface area (Å²) in [5, 5.41) is 9.04. The zero-order valence-corrected chi connectivity index (χ0v) is 13.6. The number of anilines is 1. The van der Waals surface area contributed by atoms with Gasteiger partial charge in [0.05, 0.1) is 25.8 Å². The van der Waals surface area contributed by atoms with Gasteiger partial charge in [-0.3, -0.25) is 14.5 Å². The van der Waals surface area contributed by atoms with Crippen molar-refractivity contribution in [1.29, 1.82) is 0 Å². The van der Waals surface area contributed by atoms with E-state index in [1.165, 1.54) is 24.0 Å². The minimum Gasteiger partial charge on any atom is -0.495 e. The van der Waals surface area contributed by atoms with Crippen LogP contribution in [0.25, 0.3) is 0 Å². The molecule has 8 heteroatoms. The van der Waals surface area contributed by atoms with Crippen LogP contribution in [-0.4, -0.2) is 61.8 Å². The van der Waals surface area contributed by atoms with E-state index in [2.05, 4.69) is 4.74 Å². The van der Waals surface area contributed by atoms with Crippen LogP contribution in [0.5, 0.6) is 5.75 Å². The molecular formula is C16H20N2O6. The van der Waals surface area contributed by atoms with Crippen molar-refractivity contribution in [3.63, 3.8) is 0 Å². The van der Waals surface area contributed by atoms with Crippen molar-refractivity contribution in [2.24, 2.45) is 5.92 Å². The summed E-state index contributed by atoms with van der Waals surface area (Å²) in [4.78, 5) is 38.1. The summed E-state index contributed by atoms with van der Waals surface area (Å²) in [7, 11) is 2.72. The van der Waals surface area contributed by atoms with Gasteiger partial charge in [-0.15, -0.1) is 0 Å². The maximum Gasteiger partial charge on any atom is 0.407 e. The number of amides is 2. The molecule has 1 aromatic carbocycles. The molecule has 0 spiro atoms. The Kier molecular flexibility index (Phi) is 5.62. The topological polar surface area (TPSA) is 96.4 Å². The molecule has 1 N–H and O–H groups in total. The van der Waals surface area contributed by atoms with Gasteiger partial charge in [0.25, 0.3) is 0 Å². The number of esters is 1. The van der Waals surface area contributed by atoms with Crippen molar-refractivity contribution in [2.45, 2.75) is 6.42 Å². The first kappa shape index (κ1) is 17.6. The highest BCUT2D eigenvalue weighted by Gasteiger charge is 2.35. The first-order chi connectivity index (χ1) is 11.5. The lowest BCUT2D eigenvalue weighted by atomic mass is 10.1. The van der Waals surface area contributed by atoms with Crippen LogP contribution in [0.1, 0.15) is 6.42 Å². The number of benzene rings is 1. The second kappa shape index (κ2) is 7.67. The third kappa shape index (κ3) is 3.76. The zero-order chi connectivity index (χ0) is 17.7. The van der Waals surface area contributed by atoms with Crippen molar-refractivity contribution in [2.75, 3.05) is 38.8 Å². The van der Waals surface area contributed by atoms with Gasteiger partial charge in [-0.05, 0) is 18.6 Å². The Bertz CT molecular complexity index is 633. The van der Waals surface area contributed by atoms with E-state index in [0.717, 1.165) is 0 Å². The van der Waals surface area contributed by atoms with Crippen molar-refractivity contribution < 1.29 is 29.0 Å². The van der Waals surface area contributed by atoms with Crippen molar-refractivity contribution in [3.8, 4) is 5.75 Å². The molecule has 2 amide bonds. The summed E-state index contributed by atoms with van der Waals surface area (Å²) in [5.41, 5.74) is 0.448. The number of carbonyl (C=O) groups excluding carboxylic acids is 2. The highest BCUT2D eigenvalue weighted by Crippen LogP contribution is 2.30. The molecule has 1 unspecified atom stereocenters. The molecule has 1 saturated heterocycles. The van der Waals surface area contributed by atoms with E-state index in [4.69, 9.17) is 9.84 Å². The molecule has 1 aliphatic rings. The molecule has 0 bridgehead atoms. The van der Waals surface area contributed by atoms with Gasteiger partial charge in [0.1, 0.15) is 12.3 Å². The summed E-state index contributed by atoms with van der Waals surface area (Å²) in [6.07, 6.45) is -0.639. The first-order valence-electron chi connectivity index (χ1n) is 7.47. The summed E-state index contributed by atoms with van der Waals surface area (Å²) in [5.74, 6) is -0.950. The third-order valence-corrected chi connectivity index (χ3v) is 3.96. The maximum absolute atomic E-state index is 12.9. The highest BCUT2D eigenvalue weighted by atomic mass is 16.5. The fourth-order valence-electron chi connectivity index (χ4n) is 2.68. The van der Waals surface area contributed by atoms with Gasteiger partial charge < -0.3 is 19.5 Å². The Morgan fingerprint density at radius 2 is 2.00 bits per heavy atom. The smallest absolute Gasteiger partial charge is 0.407 e. The molecule has 0 radical (unpaired) electrons. The molecule has 1 aliphatic heterocycles. The quantitative estimate of drug-likeness (QED) is 0.812. The largest absolute Gasteiger partial charge is 0.495 e. The second-order valence-corrected chi connectivity index (χ2v) is 5.39. The molecule has 1 atom stereocenters. The molecule has 2 rings (SSSR count). The summed E-state index contributed by atoms with van der Waals surface area (Å²) in [6, 6.07) is 6.84. The maximum atomic E-state index is 12.9. The van der Waals surface area contributed by atoms with Crippen LogP contribution < -0.4 is 9.64 Å². The van der Waals surface area contributed by atoms with Crippen LogP contribution in [0.15, 0.2) is 24.3 Å². The van der Waals surface area contributed by atoms with Crippen LogP contribution >= 0.6 is 0 Å². The van der Waals surface area contributed by atoms with Crippen LogP contribution in [0.2, 0.25) is 0 Å². The first-order valence-corrected chi connectivity index (χ1v) is 7.47. The van der Waals surface area contributed by atoms with Crippen molar-refractivity contribution in [1.82, 2.24) is 4.90 Å². The van der Waals surface area contributed by atoms with Crippen molar-refractivity contribution in [3.05, 3.63) is 24.3 Å². The van der Waals surface area contributed by atoms with Crippen molar-refractivity contribution >= 4 is 23.7 Å². The Hall–Kier alpha value is -2.77. The van der Waals surface area contributed by atoms with E-state index in [9.17, 15) is 14.4 Å². The van der Waals surface area contributed by atoms with Gasteiger partial charge in [-0.25, -0.2) is 4.79 Å². The lowest BCUT2D eigenvalue weighted by Crippen LogP contribution is -2.41. The average Bonchev–Trinajstić information content (AvgIpc) is 3.09. The predicted octanol–water partition coefficient (Wildman–Crippen LogP) is 1.20. The summed E-state index contributed by atoms with van der Waals surface area (Å²) < 4.78 is 9.93. The number of hydrogen-bond acceptors (Lipinski definition) is 5. The van der Waals surface area contributed by atoms with Gasteiger partial charge in [-0.2, -0.15) is 0 Å². The third-order valence-electron chi connectivity index (χ3n) is 3.96. The molecule has 0 saturated carbocycles. The second-order valence-electron chi connectivity index (χ2n) is 5.39. The molecule has 24 heavy (non-hydrogen) atoms. The number of carbonyl (C=O) groups is 3. The number of methoxy groups -OCH3 is 2. The average molecular weight is 336 g/mol. The number of carboxylic acid groups (broad SMARTS) is 1. The van der Waals surface area contributed by atoms with Gasteiger partial charge in [0, 0.05) is 13.1 Å². The lowest BCUT2D eigenvalue weighted by Gasteiger charge is -2.26. The Balaban J connectivity index is 2.27. The Morgan fingerprint density at radius 1 is 1.29 bits per heavy atom. The zero-order valence-electron chi connectivity index (χ0n) is 13.6. The minimum absolute atomic E-state index is 0.112. The normalized spacial score (nSPS) is 16.6. The fourth-order valence-corrected chi connectivity index (χ4v) is 2.68. The summed E-state index contributed by atoms with van der Waals surface area (Å²) >= 11 is 0. The van der Waals surface area contributed by atoms with Crippen LogP contribution in [0.3, 0.4) is 0 Å². The SMILES string of the molecule is COC(=O)CN(C(=O)C1CCN(C(=O)O)C1)c1ccccc1OC. The van der Waals surface area contributed by atoms with Gasteiger partial charge >= 0.3 is 12.1 Å². The van der Waals surface area contributed by atoms with E-state index in [0.29, 0.717) is 24.4 Å². The number of nitrogens with zero attached hydrogens (tertiary/aromatic N) is 2. The van der Waals surface area contributed by atoms with Crippen LogP contribution in [0.4, 0.5) is 10.5 Å². The molecule has 130 valence electrons. The standard InChI is InChI=1S/C16H20N2O6/c1-23-13-6-4-3-5-12(13)18(10-14(19)24-2)15(20)11-7-8-17(9-11)16(21)22/h3-6,11H,7-10H2,1-2H3,(H,21,22). The fraction of sp³-hybridized carbons (Fsp3) is 0.438. The summed E-state index contributed by atoms with van der Waals surface area (Å²) in [6.45, 7) is 0.143. The molecule has 1 heterocycles. The number of likely N-dealkylation sites (tertiary alicyclic amines) is 1. The molecule has 1 fully saturated rings. The lowest BCUT2D eigenvalue weighted by molar-refractivity contribution is -0.140. The van der Waals surface area contributed by atoms with E-state index in [-0.39, 0.29) is 19.0 Å². The highest BCUT2D eigenvalue weighted by molar-refractivity contribution is 6.00. The number of para-hydroxylation sites is 2. The monoisotopic (exact) mass is 336 g/mol. The number of rotatable bonds is 5. The number of ether oxygens (including phenoxy) is 2. The Morgan fingerprint density at radius 3 is 2.58 bits per heavy atom.